The molecule has 9 nitrogen and oxygen atoms in total. The number of hydrogen-bond acceptors (Lipinski definition) is 8. The number of quaternary nitrogens is 1. The summed E-state index contributed by atoms with van der Waals surface area (Å²) in [5.41, 5.74) is 0. The van der Waals surface area contributed by atoms with E-state index in [1.165, 1.54) is 109 Å². The van der Waals surface area contributed by atoms with Crippen LogP contribution in [0, 0.1) is 0 Å². The van der Waals surface area contributed by atoms with Gasteiger partial charge in [0.05, 0.1) is 27.7 Å². The molecule has 0 aliphatic heterocycles. The maximum absolute atomic E-state index is 12.6. The smallest absolute Gasteiger partial charge is 0.306 e. The molecule has 0 radical (unpaired) electrons. The molecule has 0 aromatic heterocycles. The van der Waals surface area contributed by atoms with Gasteiger partial charge in [-0.25, -0.2) is 0 Å². The molecule has 2 atom stereocenters. The molecule has 0 N–H and O–H groups in total. The molecule has 0 aromatic rings. The number of hydrogen-bond donors (Lipinski definition) is 0. The minimum absolute atomic E-state index is 0.0391. The van der Waals surface area contributed by atoms with E-state index in [1.807, 2.05) is 27.2 Å². The van der Waals surface area contributed by atoms with Crippen molar-refractivity contribution >= 4 is 19.8 Å². The molecule has 0 amide bonds. The van der Waals surface area contributed by atoms with Gasteiger partial charge in [0, 0.05) is 12.8 Å². The van der Waals surface area contributed by atoms with Crippen molar-refractivity contribution in [2.75, 3.05) is 47.5 Å². The molecule has 55 heavy (non-hydrogen) atoms. The minimum Gasteiger partial charge on any atom is -0.756 e. The number of allylic oxidation sites excluding steroid dienone is 6. The van der Waals surface area contributed by atoms with Crippen LogP contribution in [-0.2, 0) is 32.7 Å². The third-order valence-electron chi connectivity index (χ3n) is 9.41. The number of carbonyl (C=O) groups is 2. The van der Waals surface area contributed by atoms with E-state index in [4.69, 9.17) is 18.5 Å². The van der Waals surface area contributed by atoms with Crippen LogP contribution >= 0.6 is 7.82 Å². The molecular weight excluding hydrogens is 713 g/mol. The third kappa shape index (κ3) is 41.7. The summed E-state index contributed by atoms with van der Waals surface area (Å²) in [4.78, 5) is 37.5. The molecule has 0 bridgehead atoms. The van der Waals surface area contributed by atoms with Crippen molar-refractivity contribution in [2.45, 2.75) is 193 Å². The van der Waals surface area contributed by atoms with Gasteiger partial charge in [-0.1, -0.05) is 166 Å². The number of nitrogens with zero attached hydrogens (tertiary/aromatic N) is 1. The van der Waals surface area contributed by atoms with E-state index < -0.39 is 32.5 Å². The summed E-state index contributed by atoms with van der Waals surface area (Å²) in [6.45, 7) is 4.17. The maximum atomic E-state index is 12.6. The summed E-state index contributed by atoms with van der Waals surface area (Å²) < 4.78 is 33.8. The van der Waals surface area contributed by atoms with E-state index in [2.05, 4.69) is 44.2 Å². The lowest BCUT2D eigenvalue weighted by atomic mass is 10.0. The monoisotopic (exact) mass is 798 g/mol. The molecule has 0 saturated carbocycles. The van der Waals surface area contributed by atoms with Crippen LogP contribution in [0.2, 0.25) is 0 Å². The summed E-state index contributed by atoms with van der Waals surface area (Å²) in [5, 5.41) is 0. The Kier molecular flexibility index (Phi) is 36.6. The summed E-state index contributed by atoms with van der Waals surface area (Å²) in [6, 6.07) is 0. The lowest BCUT2D eigenvalue weighted by Crippen LogP contribution is -2.37. The van der Waals surface area contributed by atoms with E-state index in [0.29, 0.717) is 23.9 Å². The zero-order valence-corrected chi connectivity index (χ0v) is 37.0. The fourth-order valence-electron chi connectivity index (χ4n) is 5.91. The van der Waals surface area contributed by atoms with Crippen molar-refractivity contribution in [1.82, 2.24) is 0 Å². The topological polar surface area (TPSA) is 111 Å². The quantitative estimate of drug-likeness (QED) is 0.0198. The number of esters is 2. The molecule has 1 unspecified atom stereocenters. The van der Waals surface area contributed by atoms with Crippen molar-refractivity contribution < 1.29 is 42.1 Å². The van der Waals surface area contributed by atoms with Gasteiger partial charge in [-0.15, -0.1) is 0 Å². The van der Waals surface area contributed by atoms with Crippen LogP contribution in [0.1, 0.15) is 187 Å². The highest BCUT2D eigenvalue weighted by atomic mass is 31.2. The van der Waals surface area contributed by atoms with Crippen molar-refractivity contribution in [2.24, 2.45) is 0 Å². The van der Waals surface area contributed by atoms with E-state index >= 15 is 0 Å². The van der Waals surface area contributed by atoms with Gasteiger partial charge >= 0.3 is 11.9 Å². The van der Waals surface area contributed by atoms with E-state index in [-0.39, 0.29) is 26.1 Å². The van der Waals surface area contributed by atoms with Gasteiger partial charge in [0.25, 0.3) is 7.82 Å². The zero-order chi connectivity index (χ0) is 40.7. The Hall–Kier alpha value is -1.77. The predicted molar refractivity (Wildman–Crippen MR) is 227 cm³/mol. The average Bonchev–Trinajstić information content (AvgIpc) is 3.13. The van der Waals surface area contributed by atoms with Crippen molar-refractivity contribution in [3.05, 3.63) is 36.5 Å². The van der Waals surface area contributed by atoms with Crippen LogP contribution in [0.4, 0.5) is 0 Å². The number of phosphoric acid groups is 1. The van der Waals surface area contributed by atoms with Gasteiger partial charge in [-0.3, -0.25) is 14.2 Å². The molecule has 0 rings (SSSR count). The Bertz CT molecular complexity index is 1040. The zero-order valence-electron chi connectivity index (χ0n) is 36.1. The maximum Gasteiger partial charge on any atom is 0.306 e. The first-order valence-electron chi connectivity index (χ1n) is 22.2. The molecule has 0 spiro atoms. The van der Waals surface area contributed by atoms with Crippen molar-refractivity contribution in [1.29, 1.82) is 0 Å². The van der Waals surface area contributed by atoms with Crippen LogP contribution < -0.4 is 4.89 Å². The standard InChI is InChI=1S/C45H84NO8P/c1-6-8-10-12-14-16-18-20-22-23-24-26-28-30-32-34-36-38-45(48)54-43(42-53-55(49,50)52-40-39-46(3,4)5)41-51-44(47)37-35-33-31-29-27-25-21-19-17-15-13-11-9-7-2/h20,22,24,26,30,32,43H,6-19,21,23,25,27-29,31,33-42H2,1-5H3/b22-20+,26-24+,32-30+/t43-/m1/s1. The van der Waals surface area contributed by atoms with E-state index in [9.17, 15) is 19.0 Å². The molecule has 0 saturated heterocycles. The summed E-state index contributed by atoms with van der Waals surface area (Å²) >= 11 is 0. The Balaban J connectivity index is 4.44. The Morgan fingerprint density at radius 3 is 1.51 bits per heavy atom. The van der Waals surface area contributed by atoms with Gasteiger partial charge in [0.2, 0.25) is 0 Å². The Morgan fingerprint density at radius 2 is 1.00 bits per heavy atom. The summed E-state index contributed by atoms with van der Waals surface area (Å²) in [6.07, 6.45) is 41.8. The minimum atomic E-state index is -4.63. The van der Waals surface area contributed by atoms with Crippen LogP contribution in [0.15, 0.2) is 36.5 Å². The van der Waals surface area contributed by atoms with Gasteiger partial charge in [0.1, 0.15) is 19.8 Å². The molecular formula is C45H84NO8P. The van der Waals surface area contributed by atoms with Crippen LogP contribution in [0.3, 0.4) is 0 Å². The number of phosphoric ester groups is 1. The first-order chi connectivity index (χ1) is 26.5. The molecule has 10 heteroatoms. The molecule has 0 aromatic carbocycles. The molecule has 322 valence electrons. The fraction of sp³-hybridized carbons (Fsp3) is 0.822. The fourth-order valence-corrected chi connectivity index (χ4v) is 6.63. The lowest BCUT2D eigenvalue weighted by Gasteiger charge is -2.28. The van der Waals surface area contributed by atoms with Crippen LogP contribution in [-0.4, -0.2) is 70.0 Å². The van der Waals surface area contributed by atoms with Crippen molar-refractivity contribution in [3.8, 4) is 0 Å². The first-order valence-corrected chi connectivity index (χ1v) is 23.7. The molecule has 0 aliphatic rings. The number of rotatable bonds is 40. The number of ether oxygens (including phenoxy) is 2. The van der Waals surface area contributed by atoms with E-state index in [1.54, 1.807) is 0 Å². The number of unbranched alkanes of at least 4 members (excludes halogenated alkanes) is 20. The van der Waals surface area contributed by atoms with Gasteiger partial charge in [-0.2, -0.15) is 0 Å². The Morgan fingerprint density at radius 1 is 0.564 bits per heavy atom. The second kappa shape index (κ2) is 37.8. The van der Waals surface area contributed by atoms with Gasteiger partial charge in [-0.05, 0) is 44.9 Å². The summed E-state index contributed by atoms with van der Waals surface area (Å²) in [5.74, 6) is -0.891. The molecule has 0 aliphatic carbocycles. The number of likely N-dealkylation sites (N-methyl/N-ethyl adjacent to an activating group) is 1. The normalized spacial score (nSPS) is 13.9. The SMILES string of the molecule is CCCCCCCC/C=C/C/C=C/C/C=C/CCCC(=O)O[C@H](COC(=O)CCCCCCCCCCCCCCCC)COP(=O)([O-])OCC[N+](C)(C)C. The predicted octanol–water partition coefficient (Wildman–Crippen LogP) is 11.9. The largest absolute Gasteiger partial charge is 0.756 e. The Labute approximate surface area is 338 Å². The average molecular weight is 798 g/mol. The van der Waals surface area contributed by atoms with E-state index in [0.717, 1.165) is 38.5 Å². The van der Waals surface area contributed by atoms with Gasteiger partial charge in [0.15, 0.2) is 6.10 Å². The first kappa shape index (κ1) is 53.2. The highest BCUT2D eigenvalue weighted by Gasteiger charge is 2.21. The molecule has 0 heterocycles. The highest BCUT2D eigenvalue weighted by Crippen LogP contribution is 2.38. The van der Waals surface area contributed by atoms with Crippen LogP contribution in [0.25, 0.3) is 0 Å². The van der Waals surface area contributed by atoms with Gasteiger partial charge < -0.3 is 27.9 Å². The summed E-state index contributed by atoms with van der Waals surface area (Å²) in [7, 11) is 1.14. The third-order valence-corrected chi connectivity index (χ3v) is 10.4. The molecule has 0 fully saturated rings. The second-order valence-electron chi connectivity index (χ2n) is 16.1. The lowest BCUT2D eigenvalue weighted by molar-refractivity contribution is -0.870. The highest BCUT2D eigenvalue weighted by molar-refractivity contribution is 7.45. The van der Waals surface area contributed by atoms with Crippen LogP contribution in [0.5, 0.6) is 0 Å². The second-order valence-corrected chi connectivity index (χ2v) is 17.5. The van der Waals surface area contributed by atoms with Crippen molar-refractivity contribution in [3.63, 3.8) is 0 Å². The number of carbonyl (C=O) groups excluding carboxylic acids is 2.